The van der Waals surface area contributed by atoms with Crippen LogP contribution in [0.4, 0.5) is 0 Å². The van der Waals surface area contributed by atoms with Crippen molar-refractivity contribution in [3.8, 4) is 5.75 Å². The molecule has 0 unspecified atom stereocenters. The molecule has 4 heteroatoms. The quantitative estimate of drug-likeness (QED) is 0.825. The number of para-hydroxylation sites is 1. The molecule has 0 radical (unpaired) electrons. The fraction of sp³-hybridized carbons (Fsp3) is 0.462. The lowest BCUT2D eigenvalue weighted by Gasteiger charge is -2.11. The molecule has 0 aliphatic carbocycles. The minimum Gasteiger partial charge on any atom is -0.491 e. The molecule has 1 fully saturated rings. The second-order valence-corrected chi connectivity index (χ2v) is 5.52. The van der Waals surface area contributed by atoms with Gasteiger partial charge < -0.3 is 9.47 Å². The van der Waals surface area contributed by atoms with Crippen molar-refractivity contribution in [2.45, 2.75) is 24.7 Å². The van der Waals surface area contributed by atoms with E-state index in [0.717, 1.165) is 12.2 Å². The summed E-state index contributed by atoms with van der Waals surface area (Å²) in [4.78, 5) is 11.0. The molecule has 2 atom stereocenters. The van der Waals surface area contributed by atoms with Gasteiger partial charge in [-0.1, -0.05) is 30.0 Å². The smallest absolute Gasteiger partial charge is 0.186 e. The Labute approximate surface area is 105 Å². The van der Waals surface area contributed by atoms with Crippen LogP contribution in [0, 0.1) is 0 Å². The van der Waals surface area contributed by atoms with E-state index in [4.69, 9.17) is 9.47 Å². The van der Waals surface area contributed by atoms with Crippen LogP contribution in [0.5, 0.6) is 5.75 Å². The van der Waals surface area contributed by atoms with Gasteiger partial charge in [0.2, 0.25) is 0 Å². The summed E-state index contributed by atoms with van der Waals surface area (Å²) in [5.74, 6) is 0.860. The molecule has 0 spiro atoms. The molecule has 1 heterocycles. The molecule has 0 amide bonds. The molecule has 3 nitrogen and oxygen atoms in total. The Morgan fingerprint density at radius 2 is 2.24 bits per heavy atom. The molecule has 0 N–H and O–H groups in total. The van der Waals surface area contributed by atoms with Crippen molar-refractivity contribution in [2.75, 3.05) is 13.2 Å². The molecule has 0 bridgehead atoms. The molecule has 1 saturated heterocycles. The molecule has 1 aliphatic heterocycles. The van der Waals surface area contributed by atoms with Gasteiger partial charge in [0, 0.05) is 12.2 Å². The van der Waals surface area contributed by atoms with Crippen molar-refractivity contribution in [1.29, 1.82) is 0 Å². The van der Waals surface area contributed by atoms with Crippen LogP contribution in [0.2, 0.25) is 0 Å². The topological polar surface area (TPSA) is 35.5 Å². The first kappa shape index (κ1) is 12.5. The predicted molar refractivity (Wildman–Crippen MR) is 68.4 cm³/mol. The fourth-order valence-corrected chi connectivity index (χ4v) is 2.74. The zero-order valence-corrected chi connectivity index (χ0v) is 10.6. The van der Waals surface area contributed by atoms with Crippen LogP contribution in [-0.4, -0.2) is 29.7 Å². The number of carbonyl (C=O) groups is 1. The van der Waals surface area contributed by atoms with Crippen LogP contribution in [-0.2, 0) is 9.53 Å². The number of rotatable bonds is 4. The normalized spacial score (nSPS) is 23.6. The molecule has 1 aromatic carbocycles. The van der Waals surface area contributed by atoms with Crippen LogP contribution < -0.4 is 4.74 Å². The molecule has 1 aromatic rings. The van der Waals surface area contributed by atoms with Crippen LogP contribution in [0.3, 0.4) is 0 Å². The van der Waals surface area contributed by atoms with Crippen LogP contribution in [0.15, 0.2) is 30.3 Å². The summed E-state index contributed by atoms with van der Waals surface area (Å²) in [6.45, 7) is 2.80. The Hall–Kier alpha value is -1.00. The van der Waals surface area contributed by atoms with Gasteiger partial charge in [0.25, 0.3) is 0 Å². The summed E-state index contributed by atoms with van der Waals surface area (Å²) in [7, 11) is 0. The van der Waals surface area contributed by atoms with Gasteiger partial charge in [0.05, 0.1) is 12.7 Å². The standard InChI is InChI=1S/C13H16O3S/c1-10(14)17-13-7-12(16-9-13)8-15-11-5-3-2-4-6-11/h2-6,12-13H,7-9H2,1H3/t12-,13+/m0/s1. The highest BCUT2D eigenvalue weighted by molar-refractivity contribution is 8.14. The minimum absolute atomic E-state index is 0.104. The van der Waals surface area contributed by atoms with E-state index in [1.807, 2.05) is 30.3 Å². The average Bonchev–Trinajstić information content (AvgIpc) is 2.75. The average molecular weight is 252 g/mol. The van der Waals surface area contributed by atoms with E-state index in [9.17, 15) is 4.79 Å². The third-order valence-electron chi connectivity index (χ3n) is 2.56. The van der Waals surface area contributed by atoms with Crippen molar-refractivity contribution in [1.82, 2.24) is 0 Å². The molecule has 17 heavy (non-hydrogen) atoms. The van der Waals surface area contributed by atoms with Crippen molar-refractivity contribution in [2.24, 2.45) is 0 Å². The lowest BCUT2D eigenvalue weighted by molar-refractivity contribution is -0.109. The van der Waals surface area contributed by atoms with Gasteiger partial charge in [-0.05, 0) is 18.6 Å². The van der Waals surface area contributed by atoms with Crippen molar-refractivity contribution in [3.63, 3.8) is 0 Å². The fourth-order valence-electron chi connectivity index (χ4n) is 1.81. The van der Waals surface area contributed by atoms with Gasteiger partial charge in [0.15, 0.2) is 5.12 Å². The highest BCUT2D eigenvalue weighted by Gasteiger charge is 2.27. The van der Waals surface area contributed by atoms with E-state index < -0.39 is 0 Å². The Kier molecular flexibility index (Phi) is 4.45. The summed E-state index contributed by atoms with van der Waals surface area (Å²) in [6.07, 6.45) is 0.990. The van der Waals surface area contributed by atoms with E-state index in [2.05, 4.69) is 0 Å². The maximum atomic E-state index is 11.0. The number of hydrogen-bond donors (Lipinski definition) is 0. The van der Waals surface area contributed by atoms with Gasteiger partial charge in [-0.2, -0.15) is 0 Å². The maximum absolute atomic E-state index is 11.0. The Morgan fingerprint density at radius 3 is 2.94 bits per heavy atom. The molecule has 0 aromatic heterocycles. The summed E-state index contributed by atoms with van der Waals surface area (Å²) in [6, 6.07) is 9.70. The first-order valence-electron chi connectivity index (χ1n) is 5.70. The Morgan fingerprint density at radius 1 is 1.47 bits per heavy atom. The SMILES string of the molecule is CC(=O)S[C@H]1CO[C@H](COc2ccccc2)C1. The number of hydrogen-bond acceptors (Lipinski definition) is 4. The zero-order valence-electron chi connectivity index (χ0n) is 9.80. The first-order valence-corrected chi connectivity index (χ1v) is 6.58. The van der Waals surface area contributed by atoms with E-state index in [1.165, 1.54) is 11.8 Å². The van der Waals surface area contributed by atoms with E-state index in [1.54, 1.807) is 6.92 Å². The summed E-state index contributed by atoms with van der Waals surface area (Å²) in [5, 5.41) is 0.445. The Balaban J connectivity index is 1.73. The van der Waals surface area contributed by atoms with Crippen LogP contribution in [0.25, 0.3) is 0 Å². The number of ether oxygens (including phenoxy) is 2. The maximum Gasteiger partial charge on any atom is 0.186 e. The Bertz CT molecular complexity index is 366. The van der Waals surface area contributed by atoms with Gasteiger partial charge >= 0.3 is 0 Å². The molecule has 92 valence electrons. The summed E-state index contributed by atoms with van der Waals surface area (Å²) >= 11 is 1.37. The lowest BCUT2D eigenvalue weighted by atomic mass is 10.2. The van der Waals surface area contributed by atoms with Gasteiger partial charge in [0.1, 0.15) is 12.4 Å². The third-order valence-corrected chi connectivity index (χ3v) is 3.55. The van der Waals surface area contributed by atoms with Gasteiger partial charge in [-0.25, -0.2) is 0 Å². The van der Waals surface area contributed by atoms with Crippen molar-refractivity contribution < 1.29 is 14.3 Å². The highest BCUT2D eigenvalue weighted by Crippen LogP contribution is 2.25. The van der Waals surface area contributed by atoms with E-state index in [0.29, 0.717) is 13.2 Å². The minimum atomic E-state index is 0.104. The zero-order chi connectivity index (χ0) is 12.1. The molecule has 2 rings (SSSR count). The molecular formula is C13H16O3S. The molecule has 0 saturated carbocycles. The summed E-state index contributed by atoms with van der Waals surface area (Å²) in [5.41, 5.74) is 0. The van der Waals surface area contributed by atoms with Crippen LogP contribution >= 0.6 is 11.8 Å². The second kappa shape index (κ2) is 6.07. The number of carbonyl (C=O) groups excluding carboxylic acids is 1. The molecule has 1 aliphatic rings. The number of thioether (sulfide) groups is 1. The monoisotopic (exact) mass is 252 g/mol. The highest BCUT2D eigenvalue weighted by atomic mass is 32.2. The first-order chi connectivity index (χ1) is 8.24. The van der Waals surface area contributed by atoms with Gasteiger partial charge in [-0.15, -0.1) is 0 Å². The second-order valence-electron chi connectivity index (χ2n) is 4.05. The largest absolute Gasteiger partial charge is 0.491 e. The van der Waals surface area contributed by atoms with Crippen molar-refractivity contribution in [3.05, 3.63) is 30.3 Å². The lowest BCUT2D eigenvalue weighted by Crippen LogP contribution is -2.16. The third kappa shape index (κ3) is 4.06. The summed E-state index contributed by atoms with van der Waals surface area (Å²) < 4.78 is 11.2. The predicted octanol–water partition coefficient (Wildman–Crippen LogP) is 2.50. The molecular weight excluding hydrogens is 236 g/mol. The number of benzene rings is 1. The van der Waals surface area contributed by atoms with E-state index >= 15 is 0 Å². The van der Waals surface area contributed by atoms with E-state index in [-0.39, 0.29) is 16.5 Å². The van der Waals surface area contributed by atoms with Crippen molar-refractivity contribution >= 4 is 16.9 Å². The van der Waals surface area contributed by atoms with Crippen LogP contribution in [0.1, 0.15) is 13.3 Å². The van der Waals surface area contributed by atoms with Gasteiger partial charge in [-0.3, -0.25) is 4.79 Å².